The maximum atomic E-state index is 12.7. The Kier molecular flexibility index (Phi) is 6.30. The first kappa shape index (κ1) is 18.7. The largest absolute Gasteiger partial charge is 0.464 e. The maximum absolute atomic E-state index is 12.7. The lowest BCUT2D eigenvalue weighted by Crippen LogP contribution is -2.34. The maximum Gasteiger partial charge on any atom is 0.354 e. The fourth-order valence-corrected chi connectivity index (χ4v) is 2.77. The highest BCUT2D eigenvalue weighted by molar-refractivity contribution is 6.04. The Balaban J connectivity index is 3.29. The number of hydrogen-bond donors (Lipinski definition) is 0. The molecular weight excluding hydrogens is 296 g/mol. The number of ketones is 1. The Morgan fingerprint density at radius 2 is 1.91 bits per heavy atom. The lowest BCUT2D eigenvalue weighted by Gasteiger charge is -2.18. The van der Waals surface area contributed by atoms with Crippen molar-refractivity contribution < 1.29 is 19.1 Å². The summed E-state index contributed by atoms with van der Waals surface area (Å²) >= 11 is 0. The fourth-order valence-electron chi connectivity index (χ4n) is 2.77. The summed E-state index contributed by atoms with van der Waals surface area (Å²) in [5, 5.41) is 0. The van der Waals surface area contributed by atoms with E-state index in [1.807, 2.05) is 6.92 Å². The smallest absolute Gasteiger partial charge is 0.354 e. The van der Waals surface area contributed by atoms with Crippen LogP contribution in [0.2, 0.25) is 0 Å². The van der Waals surface area contributed by atoms with E-state index in [0.29, 0.717) is 35.6 Å². The van der Waals surface area contributed by atoms with E-state index < -0.39 is 5.97 Å². The van der Waals surface area contributed by atoms with Gasteiger partial charge in [-0.1, -0.05) is 6.08 Å². The van der Waals surface area contributed by atoms with Crippen molar-refractivity contribution >= 4 is 17.7 Å². The first-order valence-electron chi connectivity index (χ1n) is 7.47. The second-order valence-corrected chi connectivity index (χ2v) is 5.28. The van der Waals surface area contributed by atoms with Crippen LogP contribution in [-0.2, 0) is 16.1 Å². The summed E-state index contributed by atoms with van der Waals surface area (Å²) in [5.41, 5.74) is 2.15. The molecule has 0 radical (unpaired) electrons. The van der Waals surface area contributed by atoms with Gasteiger partial charge in [0.05, 0.1) is 13.7 Å². The van der Waals surface area contributed by atoms with E-state index in [4.69, 9.17) is 4.74 Å². The number of nitrogens with zero attached hydrogens (tertiary/aromatic N) is 2. The van der Waals surface area contributed by atoms with Crippen molar-refractivity contribution in [1.82, 2.24) is 9.47 Å². The molecule has 6 nitrogen and oxygen atoms in total. The van der Waals surface area contributed by atoms with E-state index in [0.717, 1.165) is 0 Å². The van der Waals surface area contributed by atoms with E-state index in [-0.39, 0.29) is 18.2 Å². The Morgan fingerprint density at radius 1 is 1.30 bits per heavy atom. The fraction of sp³-hybridized carbons (Fsp3) is 0.471. The van der Waals surface area contributed by atoms with Gasteiger partial charge < -0.3 is 14.2 Å². The molecule has 126 valence electrons. The van der Waals surface area contributed by atoms with Crippen LogP contribution >= 0.6 is 0 Å². The molecule has 0 fully saturated rings. The first-order valence-corrected chi connectivity index (χ1v) is 7.47. The number of amides is 1. The topological polar surface area (TPSA) is 68.6 Å². The molecule has 1 amide bonds. The minimum Gasteiger partial charge on any atom is -0.464 e. The lowest BCUT2D eigenvalue weighted by molar-refractivity contribution is -0.127. The standard InChI is InChI=1S/C17H24N2O4/c1-7-9-18(13(5)20)10-14(21)15-11(3)16(17(22)23-6)19(8-2)12(15)4/h7H,1,8-10H2,2-6H3. The molecule has 0 N–H and O–H groups in total. The quantitative estimate of drug-likeness (QED) is 0.438. The molecule has 0 spiro atoms. The molecule has 0 aliphatic carbocycles. The number of carbonyl (C=O) groups excluding carboxylic acids is 3. The van der Waals surface area contributed by atoms with Gasteiger partial charge in [-0.2, -0.15) is 0 Å². The van der Waals surface area contributed by atoms with Crippen LogP contribution in [0.3, 0.4) is 0 Å². The van der Waals surface area contributed by atoms with Crippen molar-refractivity contribution in [3.8, 4) is 0 Å². The summed E-state index contributed by atoms with van der Waals surface area (Å²) in [4.78, 5) is 37.7. The summed E-state index contributed by atoms with van der Waals surface area (Å²) in [7, 11) is 1.31. The monoisotopic (exact) mass is 320 g/mol. The normalized spacial score (nSPS) is 10.3. The summed E-state index contributed by atoms with van der Waals surface area (Å²) in [5.74, 6) is -0.868. The molecule has 0 aromatic carbocycles. The molecule has 6 heteroatoms. The molecule has 0 bridgehead atoms. The molecule has 1 aromatic rings. The summed E-state index contributed by atoms with van der Waals surface area (Å²) in [6, 6.07) is 0. The van der Waals surface area contributed by atoms with E-state index in [2.05, 4.69) is 6.58 Å². The van der Waals surface area contributed by atoms with Crippen molar-refractivity contribution in [2.45, 2.75) is 34.2 Å². The number of rotatable bonds is 7. The molecule has 0 atom stereocenters. The molecule has 0 aliphatic rings. The summed E-state index contributed by atoms with van der Waals surface area (Å²) < 4.78 is 6.58. The predicted octanol–water partition coefficient (Wildman–Crippen LogP) is 2.13. The molecule has 1 heterocycles. The van der Waals surface area contributed by atoms with E-state index in [9.17, 15) is 14.4 Å². The number of methoxy groups -OCH3 is 1. The third-order valence-corrected chi connectivity index (χ3v) is 3.87. The number of aromatic nitrogens is 1. The molecule has 1 aromatic heterocycles. The number of carbonyl (C=O) groups is 3. The van der Waals surface area contributed by atoms with Crippen molar-refractivity contribution in [3.05, 3.63) is 35.2 Å². The van der Waals surface area contributed by atoms with Gasteiger partial charge in [-0.3, -0.25) is 9.59 Å². The van der Waals surface area contributed by atoms with Crippen molar-refractivity contribution in [3.63, 3.8) is 0 Å². The minimum atomic E-state index is -0.471. The Bertz CT molecular complexity index is 644. The van der Waals surface area contributed by atoms with Gasteiger partial charge in [0.1, 0.15) is 5.69 Å². The molecule has 1 rings (SSSR count). The summed E-state index contributed by atoms with van der Waals surface area (Å²) in [6.07, 6.45) is 1.57. The Morgan fingerprint density at radius 3 is 2.35 bits per heavy atom. The first-order chi connectivity index (χ1) is 10.8. The zero-order valence-electron chi connectivity index (χ0n) is 14.4. The summed E-state index contributed by atoms with van der Waals surface area (Å²) in [6.45, 7) is 11.2. The van der Waals surface area contributed by atoms with Gasteiger partial charge in [-0.25, -0.2) is 4.79 Å². The van der Waals surface area contributed by atoms with Crippen LogP contribution in [0, 0.1) is 13.8 Å². The average molecular weight is 320 g/mol. The molecule has 23 heavy (non-hydrogen) atoms. The van der Waals surface area contributed by atoms with Crippen molar-refractivity contribution in [2.75, 3.05) is 20.2 Å². The van der Waals surface area contributed by atoms with Gasteiger partial charge >= 0.3 is 5.97 Å². The predicted molar refractivity (Wildman–Crippen MR) is 87.7 cm³/mol. The third-order valence-electron chi connectivity index (χ3n) is 3.87. The lowest BCUT2D eigenvalue weighted by atomic mass is 10.1. The van der Waals surface area contributed by atoms with Gasteiger partial charge in [0.15, 0.2) is 5.78 Å². The number of hydrogen-bond acceptors (Lipinski definition) is 4. The van der Waals surface area contributed by atoms with Crippen molar-refractivity contribution in [1.29, 1.82) is 0 Å². The Labute approximate surface area is 136 Å². The highest BCUT2D eigenvalue weighted by atomic mass is 16.5. The van der Waals surface area contributed by atoms with Crippen LogP contribution in [0.25, 0.3) is 0 Å². The van der Waals surface area contributed by atoms with Gasteiger partial charge in [0.2, 0.25) is 5.91 Å². The number of Topliss-reactive ketones (excluding diaryl/α,β-unsaturated/α-hetero) is 1. The molecule has 0 unspecified atom stereocenters. The number of ether oxygens (including phenoxy) is 1. The van der Waals surface area contributed by atoms with Gasteiger partial charge in [0.25, 0.3) is 0 Å². The molecule has 0 saturated heterocycles. The van der Waals surface area contributed by atoms with Crippen LogP contribution < -0.4 is 0 Å². The van der Waals surface area contributed by atoms with Gasteiger partial charge in [-0.05, 0) is 26.3 Å². The van der Waals surface area contributed by atoms with Crippen LogP contribution in [-0.4, -0.2) is 47.3 Å². The molecular formula is C17H24N2O4. The van der Waals surface area contributed by atoms with Crippen LogP contribution in [0.1, 0.15) is 46.0 Å². The van der Waals surface area contributed by atoms with Crippen molar-refractivity contribution in [2.24, 2.45) is 0 Å². The van der Waals surface area contributed by atoms with E-state index >= 15 is 0 Å². The zero-order valence-corrected chi connectivity index (χ0v) is 14.4. The number of esters is 1. The second-order valence-electron chi connectivity index (χ2n) is 5.28. The van der Waals surface area contributed by atoms with E-state index in [1.54, 1.807) is 24.5 Å². The van der Waals surface area contributed by atoms with Crippen LogP contribution in [0.4, 0.5) is 0 Å². The van der Waals surface area contributed by atoms with E-state index in [1.165, 1.54) is 18.9 Å². The van der Waals surface area contributed by atoms with Crippen LogP contribution in [0.15, 0.2) is 12.7 Å². The van der Waals surface area contributed by atoms with Crippen LogP contribution in [0.5, 0.6) is 0 Å². The minimum absolute atomic E-state index is 0.0443. The highest BCUT2D eigenvalue weighted by Crippen LogP contribution is 2.24. The van der Waals surface area contributed by atoms with Gasteiger partial charge in [-0.15, -0.1) is 6.58 Å². The third kappa shape index (κ3) is 3.70. The second kappa shape index (κ2) is 7.76. The Hall–Kier alpha value is -2.37. The zero-order chi connectivity index (χ0) is 17.7. The molecule has 0 aliphatic heterocycles. The van der Waals surface area contributed by atoms with Gasteiger partial charge in [0, 0.05) is 31.3 Å². The SMILES string of the molecule is C=CCN(CC(=O)c1c(C)c(C(=O)OC)n(CC)c1C)C(C)=O. The average Bonchev–Trinajstić information content (AvgIpc) is 2.76. The molecule has 0 saturated carbocycles. The highest BCUT2D eigenvalue weighted by Gasteiger charge is 2.27.